The van der Waals surface area contributed by atoms with Gasteiger partial charge in [-0.25, -0.2) is 4.98 Å². The van der Waals surface area contributed by atoms with Crippen LogP contribution in [0, 0.1) is 0 Å². The zero-order valence-corrected chi connectivity index (χ0v) is 13.1. The maximum absolute atomic E-state index is 11.8. The zero-order chi connectivity index (χ0) is 15.3. The maximum atomic E-state index is 11.8. The van der Waals surface area contributed by atoms with E-state index >= 15 is 0 Å². The molecule has 1 rings (SSSR count). The Morgan fingerprint density at radius 1 is 1.40 bits per heavy atom. The minimum atomic E-state index is -1.03. The van der Waals surface area contributed by atoms with Crippen molar-refractivity contribution in [3.05, 3.63) is 11.1 Å². The number of carboxylic acid groups (broad SMARTS) is 1. The molecule has 1 amide bonds. The molecule has 20 heavy (non-hydrogen) atoms. The van der Waals surface area contributed by atoms with Crippen molar-refractivity contribution in [2.45, 2.75) is 33.1 Å². The van der Waals surface area contributed by atoms with Crippen molar-refractivity contribution in [3.8, 4) is 0 Å². The standard InChI is InChI=1S/C13H21N3O3S/c1-5-16(6-2)10(17)7-14-12-15-9(8-20-12)13(3,4)11(18)19/h8H,5-7H2,1-4H3,(H,14,15)(H,18,19). The molecule has 6 nitrogen and oxygen atoms in total. The molecular weight excluding hydrogens is 278 g/mol. The fraction of sp³-hybridized carbons (Fsp3) is 0.615. The Morgan fingerprint density at radius 3 is 2.50 bits per heavy atom. The van der Waals surface area contributed by atoms with Crippen LogP contribution in [0.3, 0.4) is 0 Å². The number of nitrogens with zero attached hydrogens (tertiary/aromatic N) is 2. The molecular formula is C13H21N3O3S. The minimum absolute atomic E-state index is 0.00393. The molecule has 1 aromatic heterocycles. The molecule has 0 unspecified atom stereocenters. The fourth-order valence-electron chi connectivity index (χ4n) is 1.59. The van der Waals surface area contributed by atoms with Gasteiger partial charge in [-0.2, -0.15) is 0 Å². The van der Waals surface area contributed by atoms with Crippen molar-refractivity contribution in [2.24, 2.45) is 0 Å². The van der Waals surface area contributed by atoms with E-state index in [9.17, 15) is 9.59 Å². The SMILES string of the molecule is CCN(CC)C(=O)CNc1nc(C(C)(C)C(=O)O)cs1. The number of thiazole rings is 1. The maximum Gasteiger partial charge on any atom is 0.315 e. The van der Waals surface area contributed by atoms with E-state index in [-0.39, 0.29) is 12.5 Å². The summed E-state index contributed by atoms with van der Waals surface area (Å²) in [5.74, 6) is -0.919. The molecule has 2 N–H and O–H groups in total. The van der Waals surface area contributed by atoms with Gasteiger partial charge in [-0.3, -0.25) is 9.59 Å². The van der Waals surface area contributed by atoms with Crippen LogP contribution >= 0.6 is 11.3 Å². The number of carbonyl (C=O) groups excluding carboxylic acids is 1. The summed E-state index contributed by atoms with van der Waals surface area (Å²) in [5, 5.41) is 14.4. The third-order valence-electron chi connectivity index (χ3n) is 3.19. The number of aromatic nitrogens is 1. The summed E-state index contributed by atoms with van der Waals surface area (Å²) in [6.45, 7) is 8.58. The largest absolute Gasteiger partial charge is 0.481 e. The van der Waals surface area contributed by atoms with Crippen molar-refractivity contribution in [2.75, 3.05) is 25.0 Å². The summed E-state index contributed by atoms with van der Waals surface area (Å²) in [6, 6.07) is 0. The predicted octanol–water partition coefficient (Wildman–Crippen LogP) is 1.79. The van der Waals surface area contributed by atoms with Crippen LogP contribution in [0.15, 0.2) is 5.38 Å². The lowest BCUT2D eigenvalue weighted by Gasteiger charge is -2.18. The second kappa shape index (κ2) is 6.69. The average molecular weight is 299 g/mol. The average Bonchev–Trinajstić information content (AvgIpc) is 2.87. The second-order valence-electron chi connectivity index (χ2n) is 4.89. The minimum Gasteiger partial charge on any atom is -0.481 e. The van der Waals surface area contributed by atoms with Crippen LogP contribution in [0.4, 0.5) is 5.13 Å². The lowest BCUT2D eigenvalue weighted by atomic mass is 9.90. The first-order valence-electron chi connectivity index (χ1n) is 6.53. The normalized spacial score (nSPS) is 11.2. The summed E-state index contributed by atoms with van der Waals surface area (Å²) in [5.41, 5.74) is -0.535. The van der Waals surface area contributed by atoms with E-state index in [1.807, 2.05) is 13.8 Å². The zero-order valence-electron chi connectivity index (χ0n) is 12.3. The lowest BCUT2D eigenvalue weighted by molar-refractivity contribution is -0.142. The number of carboxylic acids is 1. The molecule has 7 heteroatoms. The van der Waals surface area contributed by atoms with Gasteiger partial charge in [-0.15, -0.1) is 11.3 Å². The summed E-state index contributed by atoms with van der Waals surface area (Å²) in [6.07, 6.45) is 0. The highest BCUT2D eigenvalue weighted by atomic mass is 32.1. The predicted molar refractivity (Wildman–Crippen MR) is 79.2 cm³/mol. The summed E-state index contributed by atoms with van der Waals surface area (Å²) >= 11 is 1.31. The van der Waals surface area contributed by atoms with Crippen LogP contribution in [0.5, 0.6) is 0 Å². The van der Waals surface area contributed by atoms with Gasteiger partial charge < -0.3 is 15.3 Å². The highest BCUT2D eigenvalue weighted by Gasteiger charge is 2.32. The Bertz CT molecular complexity index is 481. The third-order valence-corrected chi connectivity index (χ3v) is 3.99. The number of amides is 1. The molecule has 0 aliphatic heterocycles. The highest BCUT2D eigenvalue weighted by molar-refractivity contribution is 7.13. The molecule has 1 heterocycles. The summed E-state index contributed by atoms with van der Waals surface area (Å²) < 4.78 is 0. The topological polar surface area (TPSA) is 82.5 Å². The molecule has 0 aliphatic carbocycles. The molecule has 1 aromatic rings. The Hall–Kier alpha value is -1.63. The molecule has 0 radical (unpaired) electrons. The van der Waals surface area contributed by atoms with Gasteiger partial charge in [-0.05, 0) is 27.7 Å². The first-order chi connectivity index (χ1) is 9.32. The monoisotopic (exact) mass is 299 g/mol. The number of aliphatic carboxylic acids is 1. The van der Waals surface area contributed by atoms with Gasteiger partial charge in [0.25, 0.3) is 0 Å². The second-order valence-corrected chi connectivity index (χ2v) is 5.75. The number of likely N-dealkylation sites (N-methyl/N-ethyl adjacent to an activating group) is 1. The van der Waals surface area contributed by atoms with Gasteiger partial charge in [0.1, 0.15) is 5.41 Å². The highest BCUT2D eigenvalue weighted by Crippen LogP contribution is 2.27. The molecule has 0 bridgehead atoms. The van der Waals surface area contributed by atoms with Gasteiger partial charge in [-0.1, -0.05) is 0 Å². The van der Waals surface area contributed by atoms with Gasteiger partial charge in [0, 0.05) is 18.5 Å². The molecule has 0 atom stereocenters. The molecule has 0 aliphatic rings. The third kappa shape index (κ3) is 3.69. The van der Waals surface area contributed by atoms with E-state index in [4.69, 9.17) is 5.11 Å². The van der Waals surface area contributed by atoms with E-state index in [1.54, 1.807) is 24.1 Å². The molecule has 112 valence electrons. The van der Waals surface area contributed by atoms with Crippen molar-refractivity contribution in [3.63, 3.8) is 0 Å². The van der Waals surface area contributed by atoms with E-state index < -0.39 is 11.4 Å². The molecule has 0 aromatic carbocycles. The fourth-order valence-corrected chi connectivity index (χ4v) is 2.47. The van der Waals surface area contributed by atoms with Crippen molar-refractivity contribution in [1.82, 2.24) is 9.88 Å². The number of anilines is 1. The van der Waals surface area contributed by atoms with Gasteiger partial charge >= 0.3 is 5.97 Å². The van der Waals surface area contributed by atoms with Gasteiger partial charge in [0.15, 0.2) is 5.13 Å². The van der Waals surface area contributed by atoms with E-state index in [0.29, 0.717) is 23.9 Å². The van der Waals surface area contributed by atoms with Gasteiger partial charge in [0.05, 0.1) is 12.2 Å². The number of hydrogen-bond acceptors (Lipinski definition) is 5. The van der Waals surface area contributed by atoms with Crippen molar-refractivity contribution in [1.29, 1.82) is 0 Å². The number of rotatable bonds is 7. The number of hydrogen-bond donors (Lipinski definition) is 2. The summed E-state index contributed by atoms with van der Waals surface area (Å²) in [4.78, 5) is 29.0. The Balaban J connectivity index is 2.66. The van der Waals surface area contributed by atoms with Crippen LogP contribution in [-0.2, 0) is 15.0 Å². The van der Waals surface area contributed by atoms with Crippen LogP contribution in [0.1, 0.15) is 33.4 Å². The molecule has 0 saturated heterocycles. The molecule has 0 fully saturated rings. The van der Waals surface area contributed by atoms with Crippen molar-refractivity contribution < 1.29 is 14.7 Å². The number of nitrogens with one attached hydrogen (secondary N) is 1. The Morgan fingerprint density at radius 2 is 2.00 bits per heavy atom. The lowest BCUT2D eigenvalue weighted by Crippen LogP contribution is -2.35. The first kappa shape index (κ1) is 16.4. The van der Waals surface area contributed by atoms with Crippen molar-refractivity contribution >= 4 is 28.3 Å². The van der Waals surface area contributed by atoms with Crippen LogP contribution in [-0.4, -0.2) is 46.5 Å². The van der Waals surface area contributed by atoms with E-state index in [2.05, 4.69) is 10.3 Å². The Kier molecular flexibility index (Phi) is 5.50. The molecule has 0 saturated carbocycles. The quantitative estimate of drug-likeness (QED) is 0.802. The Labute approximate surface area is 122 Å². The molecule has 0 spiro atoms. The summed E-state index contributed by atoms with van der Waals surface area (Å²) in [7, 11) is 0. The smallest absolute Gasteiger partial charge is 0.315 e. The number of carbonyl (C=O) groups is 2. The van der Waals surface area contributed by atoms with E-state index in [0.717, 1.165) is 0 Å². The van der Waals surface area contributed by atoms with Gasteiger partial charge in [0.2, 0.25) is 5.91 Å². The van der Waals surface area contributed by atoms with Crippen LogP contribution in [0.2, 0.25) is 0 Å². The van der Waals surface area contributed by atoms with Crippen LogP contribution in [0.25, 0.3) is 0 Å². The first-order valence-corrected chi connectivity index (χ1v) is 7.41. The van der Waals surface area contributed by atoms with E-state index in [1.165, 1.54) is 11.3 Å². The van der Waals surface area contributed by atoms with Crippen LogP contribution < -0.4 is 5.32 Å².